The number of nitrogens with zero attached hydrogens (tertiary/aromatic N) is 1. The predicted molar refractivity (Wildman–Crippen MR) is 87.0 cm³/mol. The first-order valence-electron chi connectivity index (χ1n) is 6.95. The predicted octanol–water partition coefficient (Wildman–Crippen LogP) is 5.44. The first-order valence-corrected chi connectivity index (χ1v) is 8.56. The molecule has 0 atom stereocenters. The maximum absolute atomic E-state index is 4.66. The van der Waals surface area contributed by atoms with E-state index in [0.29, 0.717) is 5.41 Å². The van der Waals surface area contributed by atoms with E-state index in [0.717, 1.165) is 21.7 Å². The highest BCUT2D eigenvalue weighted by Crippen LogP contribution is 2.36. The van der Waals surface area contributed by atoms with E-state index in [9.17, 15) is 0 Å². The summed E-state index contributed by atoms with van der Waals surface area (Å²) < 4.78 is 2.36. The molecule has 102 valence electrons. The van der Waals surface area contributed by atoms with Crippen molar-refractivity contribution in [1.82, 2.24) is 4.98 Å². The van der Waals surface area contributed by atoms with Crippen LogP contribution in [0.3, 0.4) is 0 Å². The lowest BCUT2D eigenvalue weighted by atomic mass is 9.76. The monoisotopic (exact) mass is 338 g/mol. The van der Waals surface area contributed by atoms with Crippen LogP contribution >= 0.6 is 27.3 Å². The Bertz CT molecular complexity index is 573. The van der Waals surface area contributed by atoms with E-state index in [2.05, 4.69) is 45.3 Å². The van der Waals surface area contributed by atoms with Crippen molar-refractivity contribution >= 4 is 42.6 Å². The smallest absolute Gasteiger partial charge is 0.183 e. The molecule has 0 radical (unpaired) electrons. The number of nitrogens with one attached hydrogen (secondary N) is 1. The number of halogens is 1. The molecule has 19 heavy (non-hydrogen) atoms. The molecule has 1 saturated carbocycles. The molecule has 2 nitrogen and oxygen atoms in total. The molecule has 0 amide bonds. The minimum atomic E-state index is 0.455. The van der Waals surface area contributed by atoms with Gasteiger partial charge in [-0.25, -0.2) is 4.98 Å². The Morgan fingerprint density at radius 3 is 2.89 bits per heavy atom. The van der Waals surface area contributed by atoms with E-state index in [1.54, 1.807) is 11.3 Å². The van der Waals surface area contributed by atoms with Crippen LogP contribution in [-0.2, 0) is 0 Å². The Morgan fingerprint density at radius 1 is 1.32 bits per heavy atom. The molecule has 2 aromatic rings. The molecular weight excluding hydrogens is 320 g/mol. The molecule has 1 N–H and O–H groups in total. The van der Waals surface area contributed by atoms with Crippen LogP contribution in [0.1, 0.15) is 39.0 Å². The molecule has 1 heterocycles. The standard InChI is InChI=1S/C15H19BrN2S/c1-15(7-3-2-4-8-15)10-17-14-18-12-6-5-11(16)9-13(12)19-14/h5-6,9H,2-4,7-8,10H2,1H3,(H,17,18). The molecule has 1 fully saturated rings. The zero-order valence-corrected chi connectivity index (χ0v) is 13.6. The average molecular weight is 339 g/mol. The van der Waals surface area contributed by atoms with E-state index >= 15 is 0 Å². The highest BCUT2D eigenvalue weighted by Gasteiger charge is 2.26. The van der Waals surface area contributed by atoms with Crippen molar-refractivity contribution in [1.29, 1.82) is 0 Å². The quantitative estimate of drug-likeness (QED) is 0.805. The summed E-state index contributed by atoms with van der Waals surface area (Å²) in [6.45, 7) is 3.46. The topological polar surface area (TPSA) is 24.9 Å². The van der Waals surface area contributed by atoms with Crippen LogP contribution in [0.5, 0.6) is 0 Å². The number of thiazole rings is 1. The van der Waals surface area contributed by atoms with Crippen LogP contribution in [0.15, 0.2) is 22.7 Å². The number of hydrogen-bond acceptors (Lipinski definition) is 3. The van der Waals surface area contributed by atoms with Crippen LogP contribution in [0, 0.1) is 5.41 Å². The van der Waals surface area contributed by atoms with Crippen LogP contribution in [0.25, 0.3) is 10.2 Å². The van der Waals surface area contributed by atoms with Gasteiger partial charge in [0, 0.05) is 11.0 Å². The fraction of sp³-hybridized carbons (Fsp3) is 0.533. The zero-order valence-electron chi connectivity index (χ0n) is 11.2. The summed E-state index contributed by atoms with van der Waals surface area (Å²) in [6.07, 6.45) is 6.85. The number of benzene rings is 1. The molecule has 4 heteroatoms. The van der Waals surface area contributed by atoms with Gasteiger partial charge in [0.2, 0.25) is 0 Å². The Labute approximate surface area is 126 Å². The molecule has 1 aromatic heterocycles. The van der Waals surface area contributed by atoms with Crippen molar-refractivity contribution in [3.8, 4) is 0 Å². The number of anilines is 1. The molecule has 0 aliphatic heterocycles. The van der Waals surface area contributed by atoms with E-state index in [1.807, 2.05) is 6.07 Å². The van der Waals surface area contributed by atoms with Gasteiger partial charge in [0.1, 0.15) is 0 Å². The Morgan fingerprint density at radius 2 is 2.11 bits per heavy atom. The van der Waals surface area contributed by atoms with Gasteiger partial charge in [-0.05, 0) is 36.5 Å². The van der Waals surface area contributed by atoms with Gasteiger partial charge in [-0.1, -0.05) is 53.5 Å². The van der Waals surface area contributed by atoms with Crippen LogP contribution < -0.4 is 5.32 Å². The highest BCUT2D eigenvalue weighted by atomic mass is 79.9. The summed E-state index contributed by atoms with van der Waals surface area (Å²) in [7, 11) is 0. The molecule has 1 aliphatic carbocycles. The maximum Gasteiger partial charge on any atom is 0.183 e. The minimum Gasteiger partial charge on any atom is -0.361 e. The third kappa shape index (κ3) is 3.11. The van der Waals surface area contributed by atoms with Crippen molar-refractivity contribution < 1.29 is 0 Å². The Hall–Kier alpha value is -0.610. The number of rotatable bonds is 3. The summed E-state index contributed by atoms with van der Waals surface area (Å²) in [5.41, 5.74) is 1.54. The fourth-order valence-electron chi connectivity index (χ4n) is 2.85. The first kappa shape index (κ1) is 13.4. The van der Waals surface area contributed by atoms with Gasteiger partial charge in [-0.3, -0.25) is 0 Å². The van der Waals surface area contributed by atoms with Crippen molar-refractivity contribution in [3.63, 3.8) is 0 Å². The van der Waals surface area contributed by atoms with Crippen molar-refractivity contribution in [3.05, 3.63) is 22.7 Å². The van der Waals surface area contributed by atoms with Gasteiger partial charge in [0.25, 0.3) is 0 Å². The fourth-order valence-corrected chi connectivity index (χ4v) is 4.26. The molecular formula is C15H19BrN2S. The second kappa shape index (κ2) is 5.41. The van der Waals surface area contributed by atoms with E-state index < -0.39 is 0 Å². The van der Waals surface area contributed by atoms with E-state index in [4.69, 9.17) is 0 Å². The van der Waals surface area contributed by atoms with Crippen LogP contribution in [0.4, 0.5) is 5.13 Å². The first-order chi connectivity index (χ1) is 9.15. The molecule has 0 spiro atoms. The number of fused-ring (bicyclic) bond motifs is 1. The van der Waals surface area contributed by atoms with Gasteiger partial charge in [0.05, 0.1) is 10.2 Å². The minimum absolute atomic E-state index is 0.455. The second-order valence-electron chi connectivity index (χ2n) is 5.86. The molecule has 3 rings (SSSR count). The highest BCUT2D eigenvalue weighted by molar-refractivity contribution is 9.10. The summed E-state index contributed by atoms with van der Waals surface area (Å²) in [5, 5.41) is 4.61. The lowest BCUT2D eigenvalue weighted by molar-refractivity contribution is 0.233. The molecule has 1 aliphatic rings. The van der Waals surface area contributed by atoms with E-state index in [1.165, 1.54) is 36.8 Å². The SMILES string of the molecule is CC1(CNc2nc3ccc(Br)cc3s2)CCCCC1. The largest absolute Gasteiger partial charge is 0.361 e. The summed E-state index contributed by atoms with van der Waals surface area (Å²) >= 11 is 5.26. The summed E-state index contributed by atoms with van der Waals surface area (Å²) in [4.78, 5) is 4.66. The number of hydrogen-bond donors (Lipinski definition) is 1. The van der Waals surface area contributed by atoms with Crippen LogP contribution in [-0.4, -0.2) is 11.5 Å². The number of aromatic nitrogens is 1. The normalized spacial score (nSPS) is 18.6. The van der Waals surface area contributed by atoms with Crippen LogP contribution in [0.2, 0.25) is 0 Å². The Kier molecular flexibility index (Phi) is 3.81. The van der Waals surface area contributed by atoms with Crippen molar-refractivity contribution in [2.45, 2.75) is 39.0 Å². The molecule has 1 aromatic carbocycles. The Balaban J connectivity index is 1.71. The zero-order chi connectivity index (χ0) is 13.3. The second-order valence-corrected chi connectivity index (χ2v) is 7.80. The van der Waals surface area contributed by atoms with Crippen molar-refractivity contribution in [2.24, 2.45) is 5.41 Å². The van der Waals surface area contributed by atoms with Gasteiger partial charge in [-0.15, -0.1) is 0 Å². The average Bonchev–Trinajstić information content (AvgIpc) is 2.79. The molecule has 0 saturated heterocycles. The molecule has 0 unspecified atom stereocenters. The third-order valence-electron chi connectivity index (χ3n) is 4.08. The third-order valence-corrected chi connectivity index (χ3v) is 5.55. The summed E-state index contributed by atoms with van der Waals surface area (Å²) in [5.74, 6) is 0. The van der Waals surface area contributed by atoms with E-state index in [-0.39, 0.29) is 0 Å². The van der Waals surface area contributed by atoms with Gasteiger partial charge >= 0.3 is 0 Å². The maximum atomic E-state index is 4.66. The lowest BCUT2D eigenvalue weighted by Crippen LogP contribution is -2.28. The lowest BCUT2D eigenvalue weighted by Gasteiger charge is -2.33. The summed E-state index contributed by atoms with van der Waals surface area (Å²) in [6, 6.07) is 6.26. The van der Waals surface area contributed by atoms with Gasteiger partial charge < -0.3 is 5.32 Å². The molecule has 0 bridgehead atoms. The van der Waals surface area contributed by atoms with Gasteiger partial charge in [-0.2, -0.15) is 0 Å². The van der Waals surface area contributed by atoms with Crippen molar-refractivity contribution in [2.75, 3.05) is 11.9 Å². The van der Waals surface area contributed by atoms with Gasteiger partial charge in [0.15, 0.2) is 5.13 Å².